The molecule has 3 aromatic rings. The van der Waals surface area contributed by atoms with Crippen LogP contribution in [0, 0.1) is 0 Å². The van der Waals surface area contributed by atoms with Crippen LogP contribution in [-0.4, -0.2) is 53.9 Å². The van der Waals surface area contributed by atoms with Crippen LogP contribution in [0.1, 0.15) is 36.6 Å². The maximum atomic E-state index is 5.74. The standard InChI is InChI=1S/C24H32N6O.HI/c1-25-24(26-13-12-20-17-28-30(19-20)21-9-4-2-5-10-21)27-18-22(23-11-8-16-31-23)29-14-6-3-7-15-29;/h2,4-5,8-11,16-17,19,22H,3,6-7,12-15,18H2,1H3,(H2,25,26,27);1H. The molecule has 0 saturated carbocycles. The molecular formula is C24H33IN6O. The van der Waals surface area contributed by atoms with E-state index in [0.717, 1.165) is 50.0 Å². The first-order chi connectivity index (χ1) is 15.3. The third-order valence-electron chi connectivity index (χ3n) is 5.75. The number of guanidine groups is 1. The quantitative estimate of drug-likeness (QED) is 0.253. The van der Waals surface area contributed by atoms with Crippen LogP contribution in [0.2, 0.25) is 0 Å². The van der Waals surface area contributed by atoms with E-state index in [1.807, 2.05) is 42.2 Å². The number of aliphatic imine (C=N–C) groups is 1. The Morgan fingerprint density at radius 2 is 1.91 bits per heavy atom. The predicted molar refractivity (Wildman–Crippen MR) is 139 cm³/mol. The second kappa shape index (κ2) is 12.6. The SMILES string of the molecule is CN=C(NCCc1cnn(-c2ccccc2)c1)NCC(c1ccco1)N1CCCCC1.I. The van der Waals surface area contributed by atoms with Crippen molar-refractivity contribution in [1.29, 1.82) is 0 Å². The third kappa shape index (κ3) is 6.59. The first-order valence-corrected chi connectivity index (χ1v) is 11.1. The Morgan fingerprint density at radius 3 is 2.62 bits per heavy atom. The van der Waals surface area contributed by atoms with E-state index >= 15 is 0 Å². The molecule has 1 aromatic carbocycles. The third-order valence-corrected chi connectivity index (χ3v) is 5.75. The molecule has 32 heavy (non-hydrogen) atoms. The van der Waals surface area contributed by atoms with Crippen molar-refractivity contribution in [1.82, 2.24) is 25.3 Å². The van der Waals surface area contributed by atoms with Crippen LogP contribution in [0.3, 0.4) is 0 Å². The van der Waals surface area contributed by atoms with Gasteiger partial charge in [0.15, 0.2) is 5.96 Å². The van der Waals surface area contributed by atoms with Crippen LogP contribution in [0.15, 0.2) is 70.5 Å². The van der Waals surface area contributed by atoms with E-state index in [1.165, 1.54) is 24.8 Å². The van der Waals surface area contributed by atoms with Gasteiger partial charge in [0.25, 0.3) is 0 Å². The molecular weight excluding hydrogens is 515 g/mol. The van der Waals surface area contributed by atoms with Crippen LogP contribution in [0.5, 0.6) is 0 Å². The van der Waals surface area contributed by atoms with E-state index in [0.29, 0.717) is 0 Å². The summed E-state index contributed by atoms with van der Waals surface area (Å²) in [5, 5.41) is 11.4. The second-order valence-electron chi connectivity index (χ2n) is 7.89. The number of aromatic nitrogens is 2. The normalized spacial score (nSPS) is 15.7. The highest BCUT2D eigenvalue weighted by Crippen LogP contribution is 2.24. The van der Waals surface area contributed by atoms with Gasteiger partial charge in [0, 0.05) is 26.3 Å². The van der Waals surface area contributed by atoms with E-state index < -0.39 is 0 Å². The molecule has 2 aromatic heterocycles. The summed E-state index contributed by atoms with van der Waals surface area (Å²) in [6.45, 7) is 3.78. The Balaban J connectivity index is 0.00000289. The van der Waals surface area contributed by atoms with E-state index in [1.54, 1.807) is 6.26 Å². The van der Waals surface area contributed by atoms with Crippen molar-refractivity contribution in [3.63, 3.8) is 0 Å². The van der Waals surface area contributed by atoms with Crippen molar-refractivity contribution < 1.29 is 4.42 Å². The summed E-state index contributed by atoms with van der Waals surface area (Å²) >= 11 is 0. The molecule has 0 aliphatic carbocycles. The van der Waals surface area contributed by atoms with Crippen LogP contribution in [-0.2, 0) is 6.42 Å². The van der Waals surface area contributed by atoms with Crippen molar-refractivity contribution in [2.75, 3.05) is 33.2 Å². The van der Waals surface area contributed by atoms with Crippen molar-refractivity contribution in [3.8, 4) is 5.69 Å². The predicted octanol–water partition coefficient (Wildman–Crippen LogP) is 4.02. The van der Waals surface area contributed by atoms with Crippen molar-refractivity contribution in [2.24, 2.45) is 4.99 Å². The molecule has 1 saturated heterocycles. The van der Waals surface area contributed by atoms with Gasteiger partial charge in [0.2, 0.25) is 0 Å². The molecule has 1 aliphatic rings. The number of para-hydroxylation sites is 1. The fraction of sp³-hybridized carbons (Fsp3) is 0.417. The number of nitrogens with zero attached hydrogens (tertiary/aromatic N) is 4. The Bertz CT molecular complexity index is 935. The molecule has 0 radical (unpaired) electrons. The molecule has 8 heteroatoms. The summed E-state index contributed by atoms with van der Waals surface area (Å²) in [5.74, 6) is 1.82. The molecule has 4 rings (SSSR count). The Kier molecular flexibility index (Phi) is 9.61. The van der Waals surface area contributed by atoms with E-state index in [9.17, 15) is 0 Å². The van der Waals surface area contributed by atoms with Crippen molar-refractivity contribution >= 4 is 29.9 Å². The first-order valence-electron chi connectivity index (χ1n) is 11.1. The molecule has 7 nitrogen and oxygen atoms in total. The molecule has 1 unspecified atom stereocenters. The summed E-state index contributed by atoms with van der Waals surface area (Å²) in [5.41, 5.74) is 2.26. The summed E-state index contributed by atoms with van der Waals surface area (Å²) in [7, 11) is 1.81. The van der Waals surface area contributed by atoms with Gasteiger partial charge in [0.1, 0.15) is 5.76 Å². The highest BCUT2D eigenvalue weighted by Gasteiger charge is 2.24. The summed E-state index contributed by atoms with van der Waals surface area (Å²) in [4.78, 5) is 6.91. The molecule has 0 bridgehead atoms. The number of benzene rings is 1. The summed E-state index contributed by atoms with van der Waals surface area (Å²) in [6, 6.07) is 14.4. The van der Waals surface area contributed by atoms with Crippen LogP contribution >= 0.6 is 24.0 Å². The lowest BCUT2D eigenvalue weighted by molar-refractivity contribution is 0.146. The number of halogens is 1. The van der Waals surface area contributed by atoms with Gasteiger partial charge >= 0.3 is 0 Å². The van der Waals surface area contributed by atoms with Gasteiger partial charge in [0.05, 0.1) is 24.2 Å². The van der Waals surface area contributed by atoms with Crippen molar-refractivity contribution in [3.05, 3.63) is 72.4 Å². The van der Waals surface area contributed by atoms with Crippen LogP contribution in [0.4, 0.5) is 0 Å². The molecule has 1 atom stereocenters. The largest absolute Gasteiger partial charge is 0.468 e. The fourth-order valence-electron chi connectivity index (χ4n) is 4.07. The van der Waals surface area contributed by atoms with E-state index in [4.69, 9.17) is 4.42 Å². The Labute approximate surface area is 207 Å². The number of nitrogens with one attached hydrogen (secondary N) is 2. The van der Waals surface area contributed by atoms with Crippen molar-refractivity contribution in [2.45, 2.75) is 31.7 Å². The minimum Gasteiger partial charge on any atom is -0.468 e. The zero-order valence-electron chi connectivity index (χ0n) is 18.6. The zero-order valence-corrected chi connectivity index (χ0v) is 20.9. The number of piperidine rings is 1. The lowest BCUT2D eigenvalue weighted by Gasteiger charge is -2.33. The molecule has 0 amide bonds. The average Bonchev–Trinajstić information content (AvgIpc) is 3.52. The zero-order chi connectivity index (χ0) is 21.3. The van der Waals surface area contributed by atoms with Gasteiger partial charge < -0.3 is 15.1 Å². The maximum absolute atomic E-state index is 5.74. The molecule has 1 aliphatic heterocycles. The molecule has 1 fully saturated rings. The van der Waals surface area contributed by atoms with Crippen LogP contribution in [0.25, 0.3) is 5.69 Å². The van der Waals surface area contributed by atoms with E-state index in [2.05, 4.69) is 50.0 Å². The van der Waals surface area contributed by atoms with E-state index in [-0.39, 0.29) is 30.0 Å². The molecule has 2 N–H and O–H groups in total. The number of rotatable bonds is 8. The second-order valence-corrected chi connectivity index (χ2v) is 7.89. The minimum atomic E-state index is 0. The fourth-order valence-corrected chi connectivity index (χ4v) is 4.07. The Morgan fingerprint density at radius 1 is 1.09 bits per heavy atom. The van der Waals surface area contributed by atoms with Gasteiger partial charge in [-0.1, -0.05) is 24.6 Å². The number of likely N-dealkylation sites (tertiary alicyclic amines) is 1. The summed E-state index contributed by atoms with van der Waals surface area (Å²) < 4.78 is 7.65. The Hall–Kier alpha value is -2.33. The maximum Gasteiger partial charge on any atom is 0.191 e. The monoisotopic (exact) mass is 548 g/mol. The number of furan rings is 1. The lowest BCUT2D eigenvalue weighted by Crippen LogP contribution is -2.44. The minimum absolute atomic E-state index is 0. The van der Waals surface area contributed by atoms with Crippen LogP contribution < -0.4 is 10.6 Å². The smallest absolute Gasteiger partial charge is 0.191 e. The number of hydrogen-bond acceptors (Lipinski definition) is 4. The van der Waals surface area contributed by atoms with Gasteiger partial charge in [-0.25, -0.2) is 4.68 Å². The first kappa shape index (κ1) is 24.3. The van der Waals surface area contributed by atoms with Gasteiger partial charge in [-0.3, -0.25) is 9.89 Å². The molecule has 3 heterocycles. The molecule has 0 spiro atoms. The highest BCUT2D eigenvalue weighted by atomic mass is 127. The molecule has 172 valence electrons. The van der Waals surface area contributed by atoms with Gasteiger partial charge in [-0.2, -0.15) is 5.10 Å². The highest BCUT2D eigenvalue weighted by molar-refractivity contribution is 14.0. The van der Waals surface area contributed by atoms with Gasteiger partial charge in [-0.05, 0) is 62.2 Å². The number of hydrogen-bond donors (Lipinski definition) is 2. The summed E-state index contributed by atoms with van der Waals surface area (Å²) in [6.07, 6.45) is 10.5. The average molecular weight is 548 g/mol. The lowest BCUT2D eigenvalue weighted by atomic mass is 10.1. The van der Waals surface area contributed by atoms with Gasteiger partial charge in [-0.15, -0.1) is 24.0 Å². The topological polar surface area (TPSA) is 70.6 Å².